The molecule has 0 aliphatic carbocycles. The van der Waals surface area contributed by atoms with Gasteiger partial charge in [0.25, 0.3) is 5.91 Å². The molecule has 0 aliphatic heterocycles. The Hall–Kier alpha value is -2.31. The molecule has 100 valence electrons. The van der Waals surface area contributed by atoms with Crippen LogP contribution in [-0.4, -0.2) is 16.1 Å². The highest BCUT2D eigenvalue weighted by Gasteiger charge is 2.30. The lowest BCUT2D eigenvalue weighted by molar-refractivity contribution is -0.137. The number of nitrogens with zero attached hydrogens (tertiary/aromatic N) is 1. The third kappa shape index (κ3) is 3.12. The van der Waals surface area contributed by atoms with Crippen molar-refractivity contribution in [1.82, 2.24) is 10.2 Å². The maximum absolute atomic E-state index is 12.3. The molecule has 0 spiro atoms. The van der Waals surface area contributed by atoms with Crippen molar-refractivity contribution >= 4 is 11.6 Å². The molecule has 2 rings (SSSR count). The minimum atomic E-state index is -4.39. The highest BCUT2D eigenvalue weighted by atomic mass is 19.4. The molecular weight excluding hydrogens is 259 g/mol. The summed E-state index contributed by atoms with van der Waals surface area (Å²) in [4.78, 5) is 11.7. The highest BCUT2D eigenvalue weighted by molar-refractivity contribution is 6.02. The molecule has 0 unspecified atom stereocenters. The number of rotatable bonds is 2. The smallest absolute Gasteiger partial charge is 0.321 e. The number of aryl methyl sites for hydroxylation is 1. The number of hydrogen-bond donors (Lipinski definition) is 2. The quantitative estimate of drug-likeness (QED) is 0.880. The third-order valence-electron chi connectivity index (χ3n) is 2.41. The number of halogens is 3. The Balaban J connectivity index is 2.10. The van der Waals surface area contributed by atoms with Gasteiger partial charge in [-0.05, 0) is 37.3 Å². The van der Waals surface area contributed by atoms with Crippen LogP contribution in [0.2, 0.25) is 0 Å². The summed E-state index contributed by atoms with van der Waals surface area (Å²) in [5, 5.41) is 8.82. The number of carbonyl (C=O) groups is 1. The zero-order valence-electron chi connectivity index (χ0n) is 9.88. The van der Waals surface area contributed by atoms with Crippen molar-refractivity contribution in [3.05, 3.63) is 47.3 Å². The van der Waals surface area contributed by atoms with Crippen molar-refractivity contribution in [3.63, 3.8) is 0 Å². The monoisotopic (exact) mass is 269 g/mol. The Kier molecular flexibility index (Phi) is 3.28. The molecular formula is C12H10F3N3O. The Morgan fingerprint density at radius 3 is 2.37 bits per heavy atom. The van der Waals surface area contributed by atoms with E-state index in [2.05, 4.69) is 15.5 Å². The lowest BCUT2D eigenvalue weighted by atomic mass is 10.2. The van der Waals surface area contributed by atoms with Crippen molar-refractivity contribution in [2.75, 3.05) is 5.32 Å². The first-order valence-electron chi connectivity index (χ1n) is 5.37. The average molecular weight is 269 g/mol. The first kappa shape index (κ1) is 13.1. The second-order valence-corrected chi connectivity index (χ2v) is 3.97. The molecule has 1 heterocycles. The SMILES string of the molecule is Cc1cc(C(=O)Nc2ccc(C(F)(F)F)cc2)n[nH]1. The normalized spacial score (nSPS) is 11.4. The molecule has 1 aromatic carbocycles. The van der Waals surface area contributed by atoms with E-state index >= 15 is 0 Å². The zero-order chi connectivity index (χ0) is 14.0. The number of alkyl halides is 3. The Labute approximate surface area is 106 Å². The average Bonchev–Trinajstić information content (AvgIpc) is 2.75. The Morgan fingerprint density at radius 1 is 1.26 bits per heavy atom. The van der Waals surface area contributed by atoms with Gasteiger partial charge in [0.15, 0.2) is 5.69 Å². The summed E-state index contributed by atoms with van der Waals surface area (Å²) in [7, 11) is 0. The largest absolute Gasteiger partial charge is 0.416 e. The van der Waals surface area contributed by atoms with E-state index in [-0.39, 0.29) is 11.4 Å². The van der Waals surface area contributed by atoms with Crippen LogP contribution < -0.4 is 5.32 Å². The molecule has 0 radical (unpaired) electrons. The summed E-state index contributed by atoms with van der Waals surface area (Å²) < 4.78 is 37.0. The summed E-state index contributed by atoms with van der Waals surface area (Å²) in [6.45, 7) is 1.74. The second-order valence-electron chi connectivity index (χ2n) is 3.97. The van der Waals surface area contributed by atoms with E-state index in [1.807, 2.05) is 0 Å². The van der Waals surface area contributed by atoms with Crippen LogP contribution in [0.5, 0.6) is 0 Å². The topological polar surface area (TPSA) is 57.8 Å². The lowest BCUT2D eigenvalue weighted by Gasteiger charge is -2.08. The van der Waals surface area contributed by atoms with E-state index < -0.39 is 17.6 Å². The van der Waals surface area contributed by atoms with Crippen LogP contribution in [0.25, 0.3) is 0 Å². The maximum Gasteiger partial charge on any atom is 0.416 e. The van der Waals surface area contributed by atoms with E-state index in [1.54, 1.807) is 13.0 Å². The summed E-state index contributed by atoms with van der Waals surface area (Å²) in [5.41, 5.74) is 0.412. The molecule has 0 aliphatic rings. The number of hydrogen-bond acceptors (Lipinski definition) is 2. The van der Waals surface area contributed by atoms with Crippen LogP contribution in [0.1, 0.15) is 21.7 Å². The van der Waals surface area contributed by atoms with E-state index in [0.29, 0.717) is 0 Å². The maximum atomic E-state index is 12.3. The zero-order valence-corrected chi connectivity index (χ0v) is 9.88. The number of amides is 1. The second kappa shape index (κ2) is 4.75. The summed E-state index contributed by atoms with van der Waals surface area (Å²) in [6, 6.07) is 5.75. The van der Waals surface area contributed by atoms with Gasteiger partial charge in [-0.2, -0.15) is 18.3 Å². The van der Waals surface area contributed by atoms with Crippen LogP contribution >= 0.6 is 0 Å². The van der Waals surface area contributed by atoms with Gasteiger partial charge in [-0.15, -0.1) is 0 Å². The van der Waals surface area contributed by atoms with Crippen LogP contribution in [0.4, 0.5) is 18.9 Å². The minimum Gasteiger partial charge on any atom is -0.321 e. The number of nitrogens with one attached hydrogen (secondary N) is 2. The summed E-state index contributed by atoms with van der Waals surface area (Å²) in [6.07, 6.45) is -4.39. The Bertz CT molecular complexity index is 587. The molecule has 2 N–H and O–H groups in total. The van der Waals surface area contributed by atoms with Gasteiger partial charge in [-0.3, -0.25) is 9.89 Å². The summed E-state index contributed by atoms with van der Waals surface area (Å²) in [5.74, 6) is -0.482. The van der Waals surface area contributed by atoms with Crippen LogP contribution in [-0.2, 0) is 6.18 Å². The van der Waals surface area contributed by atoms with E-state index in [1.165, 1.54) is 12.1 Å². The van der Waals surface area contributed by atoms with Crippen molar-refractivity contribution < 1.29 is 18.0 Å². The number of benzene rings is 1. The molecule has 0 saturated heterocycles. The van der Waals surface area contributed by atoms with Gasteiger partial charge in [0.1, 0.15) is 0 Å². The van der Waals surface area contributed by atoms with Crippen molar-refractivity contribution in [2.24, 2.45) is 0 Å². The molecule has 0 atom stereocenters. The predicted molar refractivity (Wildman–Crippen MR) is 62.7 cm³/mol. The molecule has 2 aromatic rings. The number of aromatic amines is 1. The number of anilines is 1. The van der Waals surface area contributed by atoms with E-state index in [9.17, 15) is 18.0 Å². The van der Waals surface area contributed by atoms with Gasteiger partial charge >= 0.3 is 6.18 Å². The Morgan fingerprint density at radius 2 is 1.89 bits per heavy atom. The molecule has 4 nitrogen and oxygen atoms in total. The van der Waals surface area contributed by atoms with Crippen LogP contribution in [0.15, 0.2) is 30.3 Å². The van der Waals surface area contributed by atoms with Gasteiger partial charge in [0.05, 0.1) is 5.56 Å². The minimum absolute atomic E-state index is 0.178. The van der Waals surface area contributed by atoms with Gasteiger partial charge in [0.2, 0.25) is 0 Å². The molecule has 0 fully saturated rings. The molecule has 1 amide bonds. The lowest BCUT2D eigenvalue weighted by Crippen LogP contribution is -2.12. The van der Waals surface area contributed by atoms with E-state index in [0.717, 1.165) is 17.8 Å². The van der Waals surface area contributed by atoms with Crippen molar-refractivity contribution in [2.45, 2.75) is 13.1 Å². The van der Waals surface area contributed by atoms with Crippen molar-refractivity contribution in [1.29, 1.82) is 0 Å². The highest BCUT2D eigenvalue weighted by Crippen LogP contribution is 2.29. The predicted octanol–water partition coefficient (Wildman–Crippen LogP) is 2.99. The van der Waals surface area contributed by atoms with E-state index in [4.69, 9.17) is 0 Å². The van der Waals surface area contributed by atoms with Gasteiger partial charge in [-0.25, -0.2) is 0 Å². The van der Waals surface area contributed by atoms with Crippen LogP contribution in [0.3, 0.4) is 0 Å². The van der Waals surface area contributed by atoms with Gasteiger partial charge in [-0.1, -0.05) is 0 Å². The van der Waals surface area contributed by atoms with Crippen molar-refractivity contribution in [3.8, 4) is 0 Å². The fraction of sp³-hybridized carbons (Fsp3) is 0.167. The van der Waals surface area contributed by atoms with Gasteiger partial charge in [0, 0.05) is 11.4 Å². The molecule has 7 heteroatoms. The number of carbonyl (C=O) groups excluding carboxylic acids is 1. The van der Waals surface area contributed by atoms with Crippen LogP contribution in [0, 0.1) is 6.92 Å². The standard InChI is InChI=1S/C12H10F3N3O/c1-7-6-10(18-17-7)11(19)16-9-4-2-8(3-5-9)12(13,14)15/h2-6H,1H3,(H,16,19)(H,17,18). The first-order valence-corrected chi connectivity index (χ1v) is 5.37. The third-order valence-corrected chi connectivity index (χ3v) is 2.41. The van der Waals surface area contributed by atoms with Gasteiger partial charge < -0.3 is 5.32 Å². The molecule has 19 heavy (non-hydrogen) atoms. The number of aromatic nitrogens is 2. The summed E-state index contributed by atoms with van der Waals surface area (Å²) >= 11 is 0. The molecule has 1 aromatic heterocycles. The first-order chi connectivity index (χ1) is 8.86. The fourth-order valence-electron chi connectivity index (χ4n) is 1.47. The molecule has 0 bridgehead atoms. The molecule has 0 saturated carbocycles. The fourth-order valence-corrected chi connectivity index (χ4v) is 1.47. The number of H-pyrrole nitrogens is 1.